The van der Waals surface area contributed by atoms with Crippen molar-refractivity contribution in [3.63, 3.8) is 0 Å². The van der Waals surface area contributed by atoms with Crippen LogP contribution in [0.3, 0.4) is 0 Å². The number of halogens is 3. The third-order valence-corrected chi connectivity index (χ3v) is 2.48. The molecular formula is C10H4ClF2NO4. The SMILES string of the molecule is O=C(O)c1cc(-c2c(F)cc(O)c(Cl)c2F)no1. The van der Waals surface area contributed by atoms with E-state index in [1.807, 2.05) is 0 Å². The summed E-state index contributed by atoms with van der Waals surface area (Å²) in [5.74, 6) is -5.16. The Morgan fingerprint density at radius 1 is 1.39 bits per heavy atom. The maximum Gasteiger partial charge on any atom is 0.374 e. The van der Waals surface area contributed by atoms with Gasteiger partial charge in [0.15, 0.2) is 5.82 Å². The number of aromatic hydroxyl groups is 1. The fourth-order valence-corrected chi connectivity index (χ4v) is 1.46. The minimum Gasteiger partial charge on any atom is -0.506 e. The molecule has 2 N–H and O–H groups in total. The summed E-state index contributed by atoms with van der Waals surface area (Å²) in [6, 6.07) is 1.44. The summed E-state index contributed by atoms with van der Waals surface area (Å²) >= 11 is 5.41. The van der Waals surface area contributed by atoms with Gasteiger partial charge in [-0.05, 0) is 0 Å². The maximum atomic E-state index is 13.7. The van der Waals surface area contributed by atoms with Crippen LogP contribution in [-0.2, 0) is 0 Å². The number of aromatic nitrogens is 1. The third-order valence-electron chi connectivity index (χ3n) is 2.12. The average Bonchev–Trinajstić information content (AvgIpc) is 2.75. The summed E-state index contributed by atoms with van der Waals surface area (Å²) in [7, 11) is 0. The Kier molecular flexibility index (Phi) is 2.92. The zero-order valence-corrected chi connectivity index (χ0v) is 9.20. The van der Waals surface area contributed by atoms with Crippen molar-refractivity contribution in [3.8, 4) is 17.0 Å². The second-order valence-corrected chi connectivity index (χ2v) is 3.64. The van der Waals surface area contributed by atoms with E-state index in [2.05, 4.69) is 9.68 Å². The molecule has 0 bridgehead atoms. The second kappa shape index (κ2) is 4.26. The molecule has 0 aliphatic rings. The van der Waals surface area contributed by atoms with E-state index in [0.29, 0.717) is 6.07 Å². The van der Waals surface area contributed by atoms with Crippen LogP contribution in [0.5, 0.6) is 5.75 Å². The number of hydrogen-bond acceptors (Lipinski definition) is 4. The van der Waals surface area contributed by atoms with Crippen molar-refractivity contribution in [1.29, 1.82) is 0 Å². The molecule has 5 nitrogen and oxygen atoms in total. The van der Waals surface area contributed by atoms with Crippen molar-refractivity contribution in [1.82, 2.24) is 5.16 Å². The van der Waals surface area contributed by atoms with E-state index in [1.54, 1.807) is 0 Å². The smallest absolute Gasteiger partial charge is 0.374 e. The molecule has 0 radical (unpaired) electrons. The summed E-state index contributed by atoms with van der Waals surface area (Å²) in [5, 5.41) is 20.2. The van der Waals surface area contributed by atoms with Crippen molar-refractivity contribution < 1.29 is 28.3 Å². The van der Waals surface area contributed by atoms with Crippen LogP contribution in [0.1, 0.15) is 10.6 Å². The molecule has 18 heavy (non-hydrogen) atoms. The van der Waals surface area contributed by atoms with Crippen LogP contribution in [0.25, 0.3) is 11.3 Å². The Morgan fingerprint density at radius 3 is 2.61 bits per heavy atom. The monoisotopic (exact) mass is 275 g/mol. The lowest BCUT2D eigenvalue weighted by molar-refractivity contribution is 0.0652. The van der Waals surface area contributed by atoms with Crippen molar-refractivity contribution in [2.24, 2.45) is 0 Å². The van der Waals surface area contributed by atoms with E-state index >= 15 is 0 Å². The van der Waals surface area contributed by atoms with Gasteiger partial charge < -0.3 is 14.7 Å². The van der Waals surface area contributed by atoms with Crippen LogP contribution in [-0.4, -0.2) is 21.3 Å². The first-order chi connectivity index (χ1) is 8.41. The lowest BCUT2D eigenvalue weighted by Gasteiger charge is -2.04. The molecule has 0 unspecified atom stereocenters. The molecular weight excluding hydrogens is 272 g/mol. The normalized spacial score (nSPS) is 10.6. The van der Waals surface area contributed by atoms with E-state index in [9.17, 15) is 13.6 Å². The molecule has 8 heteroatoms. The molecule has 1 aromatic heterocycles. The highest BCUT2D eigenvalue weighted by molar-refractivity contribution is 6.32. The van der Waals surface area contributed by atoms with Crippen LogP contribution < -0.4 is 0 Å². The molecule has 0 spiro atoms. The van der Waals surface area contributed by atoms with Crippen molar-refractivity contribution in [2.75, 3.05) is 0 Å². The van der Waals surface area contributed by atoms with Gasteiger partial charge in [0.25, 0.3) is 0 Å². The van der Waals surface area contributed by atoms with E-state index < -0.39 is 39.7 Å². The standard InChI is InChI=1S/C10H4ClF2NO4/c11-8-5(15)1-3(12)7(9(8)13)4-2-6(10(16)17)18-14-4/h1-2,15H,(H,16,17). The maximum absolute atomic E-state index is 13.7. The number of hydrogen-bond donors (Lipinski definition) is 2. The number of rotatable bonds is 2. The number of aromatic carboxylic acids is 1. The predicted molar refractivity (Wildman–Crippen MR) is 55.5 cm³/mol. The second-order valence-electron chi connectivity index (χ2n) is 3.26. The van der Waals surface area contributed by atoms with Crippen molar-refractivity contribution in [3.05, 3.63) is 34.6 Å². The van der Waals surface area contributed by atoms with Gasteiger partial charge in [-0.3, -0.25) is 0 Å². The van der Waals surface area contributed by atoms with E-state index in [0.717, 1.165) is 6.07 Å². The fraction of sp³-hybridized carbons (Fsp3) is 0. The van der Waals surface area contributed by atoms with Gasteiger partial charge in [0.2, 0.25) is 5.76 Å². The molecule has 0 aliphatic carbocycles. The lowest BCUT2D eigenvalue weighted by atomic mass is 10.1. The van der Waals surface area contributed by atoms with Crippen LogP contribution in [0, 0.1) is 11.6 Å². The van der Waals surface area contributed by atoms with Gasteiger partial charge in [-0.15, -0.1) is 0 Å². The first-order valence-corrected chi connectivity index (χ1v) is 4.86. The van der Waals surface area contributed by atoms with E-state index in [-0.39, 0.29) is 5.69 Å². The van der Waals surface area contributed by atoms with Crippen molar-refractivity contribution >= 4 is 17.6 Å². The third kappa shape index (κ3) is 1.88. The molecule has 94 valence electrons. The number of carbonyl (C=O) groups is 1. The van der Waals surface area contributed by atoms with Gasteiger partial charge in [-0.1, -0.05) is 16.8 Å². The Balaban J connectivity index is 2.63. The van der Waals surface area contributed by atoms with E-state index in [4.69, 9.17) is 21.8 Å². The summed E-state index contributed by atoms with van der Waals surface area (Å²) in [6.45, 7) is 0. The molecule has 1 heterocycles. The van der Waals surface area contributed by atoms with Crippen LogP contribution in [0.4, 0.5) is 8.78 Å². The highest BCUT2D eigenvalue weighted by Gasteiger charge is 2.22. The quantitative estimate of drug-likeness (QED) is 0.823. The highest BCUT2D eigenvalue weighted by atomic mass is 35.5. The zero-order valence-electron chi connectivity index (χ0n) is 8.45. The number of phenols is 1. The topological polar surface area (TPSA) is 83.6 Å². The number of carboxylic acids is 1. The Bertz CT molecular complexity index is 641. The van der Waals surface area contributed by atoms with E-state index in [1.165, 1.54) is 0 Å². The molecule has 0 atom stereocenters. The Morgan fingerprint density at radius 2 is 2.06 bits per heavy atom. The largest absolute Gasteiger partial charge is 0.506 e. The van der Waals surface area contributed by atoms with Crippen LogP contribution in [0.15, 0.2) is 16.7 Å². The van der Waals surface area contributed by atoms with Crippen molar-refractivity contribution in [2.45, 2.75) is 0 Å². The molecule has 0 fully saturated rings. The molecule has 1 aromatic carbocycles. The zero-order chi connectivity index (χ0) is 13.4. The Hall–Kier alpha value is -2.15. The average molecular weight is 276 g/mol. The van der Waals surface area contributed by atoms with Crippen LogP contribution in [0.2, 0.25) is 5.02 Å². The number of carboxylic acid groups (broad SMARTS) is 1. The predicted octanol–water partition coefficient (Wildman–Crippen LogP) is 2.68. The van der Waals surface area contributed by atoms with Gasteiger partial charge in [-0.25, -0.2) is 13.6 Å². The van der Waals surface area contributed by atoms with Gasteiger partial charge in [0.05, 0.1) is 5.56 Å². The molecule has 0 amide bonds. The first-order valence-electron chi connectivity index (χ1n) is 4.48. The molecule has 2 rings (SSSR count). The highest BCUT2D eigenvalue weighted by Crippen LogP contribution is 2.35. The molecule has 0 saturated heterocycles. The summed E-state index contributed by atoms with van der Waals surface area (Å²) in [6.07, 6.45) is 0. The molecule has 0 aliphatic heterocycles. The first kappa shape index (κ1) is 12.3. The minimum absolute atomic E-state index is 0.371. The number of nitrogens with zero attached hydrogens (tertiary/aromatic N) is 1. The van der Waals surface area contributed by atoms with Crippen LogP contribution >= 0.6 is 11.6 Å². The summed E-state index contributed by atoms with van der Waals surface area (Å²) in [5.41, 5.74) is -1.04. The van der Waals surface area contributed by atoms with Gasteiger partial charge in [0.1, 0.15) is 22.3 Å². The molecule has 0 saturated carbocycles. The fourth-order valence-electron chi connectivity index (χ4n) is 1.31. The van der Waals surface area contributed by atoms with Gasteiger partial charge in [0, 0.05) is 12.1 Å². The molecule has 2 aromatic rings. The van der Waals surface area contributed by atoms with Gasteiger partial charge >= 0.3 is 5.97 Å². The lowest BCUT2D eigenvalue weighted by Crippen LogP contribution is -1.93. The number of benzene rings is 1. The minimum atomic E-state index is -1.43. The van der Waals surface area contributed by atoms with Gasteiger partial charge in [-0.2, -0.15) is 0 Å². The summed E-state index contributed by atoms with van der Waals surface area (Å²) in [4.78, 5) is 10.5. The number of phenolic OH excluding ortho intramolecular Hbond substituents is 1. The Labute approximate surface area is 103 Å². The summed E-state index contributed by atoms with van der Waals surface area (Å²) < 4.78 is 31.5.